The van der Waals surface area contributed by atoms with E-state index in [1.54, 1.807) is 24.4 Å². The molecule has 2 atom stereocenters. The number of benzene rings is 2. The molecule has 1 aliphatic rings. The number of carboxylic acids is 1. The van der Waals surface area contributed by atoms with E-state index in [0.29, 0.717) is 23.2 Å². The number of nitrogens with one attached hydrogen (secondary N) is 2. The van der Waals surface area contributed by atoms with Crippen LogP contribution in [-0.4, -0.2) is 38.5 Å². The van der Waals surface area contributed by atoms with Gasteiger partial charge in [-0.25, -0.2) is 4.79 Å². The lowest BCUT2D eigenvalue weighted by molar-refractivity contribution is -0.116. The minimum atomic E-state index is -0.976. The van der Waals surface area contributed by atoms with Gasteiger partial charge >= 0.3 is 5.97 Å². The van der Waals surface area contributed by atoms with Crippen LogP contribution in [0, 0.1) is 13.8 Å². The van der Waals surface area contributed by atoms with Gasteiger partial charge in [-0.1, -0.05) is 29.8 Å². The highest BCUT2D eigenvalue weighted by atomic mass is 32.1. The Labute approximate surface area is 231 Å². The number of aromatic nitrogens is 1. The Hall–Kier alpha value is -4.50. The van der Waals surface area contributed by atoms with Gasteiger partial charge in [0.15, 0.2) is 5.11 Å². The van der Waals surface area contributed by atoms with E-state index in [9.17, 15) is 14.7 Å². The predicted octanol–water partition coefficient (Wildman–Crippen LogP) is 5.66. The number of furan rings is 1. The van der Waals surface area contributed by atoms with Crippen molar-refractivity contribution in [3.8, 4) is 11.3 Å². The van der Waals surface area contributed by atoms with Crippen LogP contribution in [0.25, 0.3) is 11.3 Å². The number of hydrogen-bond acceptors (Lipinski definition) is 5. The summed E-state index contributed by atoms with van der Waals surface area (Å²) in [5, 5.41) is 16.1. The van der Waals surface area contributed by atoms with Gasteiger partial charge in [-0.05, 0) is 80.2 Å². The van der Waals surface area contributed by atoms with Crippen molar-refractivity contribution < 1.29 is 19.1 Å². The number of thiocarbonyl (C=S) groups is 1. The fraction of sp³-hybridized carbons (Fsp3) is 0.200. The molecule has 8 nitrogen and oxygen atoms in total. The summed E-state index contributed by atoms with van der Waals surface area (Å²) in [6.45, 7) is 4.23. The number of aromatic carboxylic acids is 1. The Morgan fingerprint density at radius 3 is 2.56 bits per heavy atom. The van der Waals surface area contributed by atoms with Gasteiger partial charge in [-0.2, -0.15) is 0 Å². The van der Waals surface area contributed by atoms with Crippen LogP contribution >= 0.6 is 12.2 Å². The molecule has 198 valence electrons. The van der Waals surface area contributed by atoms with Crippen LogP contribution in [0.4, 0.5) is 5.69 Å². The van der Waals surface area contributed by atoms with Gasteiger partial charge < -0.3 is 25.1 Å². The van der Waals surface area contributed by atoms with Crippen LogP contribution in [0.3, 0.4) is 0 Å². The van der Waals surface area contributed by atoms with E-state index in [1.807, 2.05) is 73.3 Å². The number of aryl methyl sites for hydroxylation is 2. The summed E-state index contributed by atoms with van der Waals surface area (Å²) in [6, 6.07) is 21.5. The summed E-state index contributed by atoms with van der Waals surface area (Å²) in [7, 11) is 0. The molecule has 1 fully saturated rings. The predicted molar refractivity (Wildman–Crippen MR) is 152 cm³/mol. The molecule has 5 rings (SSSR count). The maximum absolute atomic E-state index is 12.8. The van der Waals surface area contributed by atoms with Crippen molar-refractivity contribution in [2.75, 3.05) is 11.9 Å². The number of carbonyl (C=O) groups is 2. The molecule has 9 heteroatoms. The lowest BCUT2D eigenvalue weighted by Gasteiger charge is -2.25. The van der Waals surface area contributed by atoms with E-state index in [2.05, 4.69) is 15.6 Å². The second-order valence-corrected chi connectivity index (χ2v) is 9.91. The second-order valence-electron chi connectivity index (χ2n) is 9.52. The quantitative estimate of drug-likeness (QED) is 0.246. The molecule has 4 aromatic rings. The molecule has 2 aromatic heterocycles. The SMILES string of the molecule is Cc1ccc(NC(=O)CCN2C(=S)NC(c3ccccn3)C2c2ccc(-c3ccc(C(=O)O)cc3C)o2)cc1. The maximum atomic E-state index is 12.8. The van der Waals surface area contributed by atoms with E-state index in [1.165, 1.54) is 0 Å². The molecule has 2 aromatic carbocycles. The summed E-state index contributed by atoms with van der Waals surface area (Å²) in [5.74, 6) is 0.189. The Kier molecular flexibility index (Phi) is 7.42. The molecule has 0 aliphatic carbocycles. The highest BCUT2D eigenvalue weighted by Gasteiger charge is 2.41. The highest BCUT2D eigenvalue weighted by Crippen LogP contribution is 2.40. The van der Waals surface area contributed by atoms with Crippen molar-refractivity contribution in [3.63, 3.8) is 0 Å². The van der Waals surface area contributed by atoms with Crippen molar-refractivity contribution in [2.45, 2.75) is 32.4 Å². The summed E-state index contributed by atoms with van der Waals surface area (Å²) in [6.07, 6.45) is 1.96. The van der Waals surface area contributed by atoms with Gasteiger partial charge in [0.05, 0.1) is 17.3 Å². The molecule has 0 bridgehead atoms. The van der Waals surface area contributed by atoms with Gasteiger partial charge in [0.1, 0.15) is 17.6 Å². The average Bonchev–Trinajstić information content (AvgIpc) is 3.53. The molecule has 39 heavy (non-hydrogen) atoms. The molecule has 0 spiro atoms. The van der Waals surface area contributed by atoms with Gasteiger partial charge in [0, 0.05) is 30.4 Å². The third kappa shape index (κ3) is 5.68. The van der Waals surface area contributed by atoms with Crippen molar-refractivity contribution in [1.82, 2.24) is 15.2 Å². The first kappa shape index (κ1) is 26.1. The lowest BCUT2D eigenvalue weighted by atomic mass is 10.0. The summed E-state index contributed by atoms with van der Waals surface area (Å²) in [5.41, 5.74) is 4.49. The van der Waals surface area contributed by atoms with E-state index < -0.39 is 5.97 Å². The topological polar surface area (TPSA) is 108 Å². The average molecular weight is 541 g/mol. The number of nitrogens with zero attached hydrogens (tertiary/aromatic N) is 2. The number of amides is 1. The number of carbonyl (C=O) groups excluding carboxylic acids is 1. The number of anilines is 1. The fourth-order valence-electron chi connectivity index (χ4n) is 4.77. The third-order valence-corrected chi connectivity index (χ3v) is 7.12. The molecular formula is C30H28N4O4S. The molecular weight excluding hydrogens is 512 g/mol. The molecule has 2 unspecified atom stereocenters. The molecule has 3 N–H and O–H groups in total. The smallest absolute Gasteiger partial charge is 0.335 e. The Balaban J connectivity index is 1.41. The minimum Gasteiger partial charge on any atom is -0.478 e. The van der Waals surface area contributed by atoms with Crippen LogP contribution in [0.15, 0.2) is 83.4 Å². The third-order valence-electron chi connectivity index (χ3n) is 6.77. The Bertz CT molecular complexity index is 1520. The molecule has 3 heterocycles. The van der Waals surface area contributed by atoms with Crippen molar-refractivity contribution in [1.29, 1.82) is 0 Å². The van der Waals surface area contributed by atoms with E-state index >= 15 is 0 Å². The maximum Gasteiger partial charge on any atom is 0.335 e. The van der Waals surface area contributed by atoms with Crippen molar-refractivity contribution in [2.24, 2.45) is 0 Å². The highest BCUT2D eigenvalue weighted by molar-refractivity contribution is 7.80. The van der Waals surface area contributed by atoms with Gasteiger partial charge in [-0.3, -0.25) is 9.78 Å². The first-order valence-electron chi connectivity index (χ1n) is 12.6. The van der Waals surface area contributed by atoms with Gasteiger partial charge in [-0.15, -0.1) is 0 Å². The molecule has 1 aliphatic heterocycles. The minimum absolute atomic E-state index is 0.115. The molecule has 1 amide bonds. The van der Waals surface area contributed by atoms with Crippen molar-refractivity contribution in [3.05, 3.63) is 107 Å². The first-order valence-corrected chi connectivity index (χ1v) is 13.0. The van der Waals surface area contributed by atoms with Crippen LogP contribution in [0.2, 0.25) is 0 Å². The van der Waals surface area contributed by atoms with Crippen LogP contribution in [0.5, 0.6) is 0 Å². The van der Waals surface area contributed by atoms with Crippen molar-refractivity contribution >= 4 is 34.9 Å². The normalized spacial score (nSPS) is 16.7. The number of pyridine rings is 1. The zero-order chi connectivity index (χ0) is 27.5. The van der Waals surface area contributed by atoms with Gasteiger partial charge in [0.25, 0.3) is 0 Å². The Morgan fingerprint density at radius 1 is 1.08 bits per heavy atom. The van der Waals surface area contributed by atoms with Crippen LogP contribution < -0.4 is 10.6 Å². The molecule has 1 saturated heterocycles. The number of rotatable bonds is 8. The lowest BCUT2D eigenvalue weighted by Crippen LogP contribution is -2.32. The van der Waals surface area contributed by atoms with E-state index in [4.69, 9.17) is 16.6 Å². The van der Waals surface area contributed by atoms with Gasteiger partial charge in [0.2, 0.25) is 5.91 Å². The zero-order valence-electron chi connectivity index (χ0n) is 21.5. The summed E-state index contributed by atoms with van der Waals surface area (Å²) < 4.78 is 6.36. The molecule has 0 radical (unpaired) electrons. The summed E-state index contributed by atoms with van der Waals surface area (Å²) in [4.78, 5) is 30.6. The summed E-state index contributed by atoms with van der Waals surface area (Å²) >= 11 is 5.71. The zero-order valence-corrected chi connectivity index (χ0v) is 22.4. The standard InChI is InChI=1S/C30H28N4O4S/c1-18-6-9-21(10-7-18)32-26(35)14-16-34-28(27(33-30(34)39)23-5-3-4-15-31-23)25-13-12-24(38-25)22-11-8-20(29(36)37)17-19(22)2/h3-13,15,17,27-28H,14,16H2,1-2H3,(H,32,35)(H,33,39)(H,36,37). The second kappa shape index (κ2) is 11.1. The molecule has 0 saturated carbocycles. The van der Waals surface area contributed by atoms with Crippen LogP contribution in [0.1, 0.15) is 51.4 Å². The Morgan fingerprint density at radius 2 is 1.87 bits per heavy atom. The number of carboxylic acid groups (broad SMARTS) is 1. The monoisotopic (exact) mass is 540 g/mol. The van der Waals surface area contributed by atoms with E-state index in [0.717, 1.165) is 28.1 Å². The first-order chi connectivity index (χ1) is 18.8. The largest absolute Gasteiger partial charge is 0.478 e. The fourth-order valence-corrected chi connectivity index (χ4v) is 5.10. The van der Waals surface area contributed by atoms with Crippen LogP contribution in [-0.2, 0) is 4.79 Å². The number of hydrogen-bond donors (Lipinski definition) is 3. The van der Waals surface area contributed by atoms with E-state index in [-0.39, 0.29) is 30.0 Å².